The molecule has 1 aromatic carbocycles. The first-order chi connectivity index (χ1) is 10.4. The number of methoxy groups -OCH3 is 1. The summed E-state index contributed by atoms with van der Waals surface area (Å²) >= 11 is 1.44. The number of carbonyl (C=O) groups is 2. The lowest BCUT2D eigenvalue weighted by Crippen LogP contribution is -2.14. The Kier molecular flexibility index (Phi) is 4.89. The number of hydrogen-bond donors (Lipinski definition) is 2. The number of amides is 1. The largest absolute Gasteiger partial charge is 0.478 e. The number of benzene rings is 1. The number of thiazole rings is 1. The van der Waals surface area contributed by atoms with Gasteiger partial charge in [-0.2, -0.15) is 0 Å². The molecule has 1 amide bonds. The first-order valence-electron chi connectivity index (χ1n) is 6.52. The number of ether oxygens (including phenoxy) is 1. The quantitative estimate of drug-likeness (QED) is 0.884. The molecule has 0 bridgehead atoms. The Hall–Kier alpha value is -2.25. The molecule has 22 heavy (non-hydrogen) atoms. The minimum atomic E-state index is -1.06. The first-order valence-corrected chi connectivity index (χ1v) is 7.34. The van der Waals surface area contributed by atoms with Crippen LogP contribution < -0.4 is 5.32 Å². The summed E-state index contributed by atoms with van der Waals surface area (Å²) in [5.74, 6) is -1.41. The average molecular weight is 320 g/mol. The zero-order valence-corrected chi connectivity index (χ0v) is 13.3. The van der Waals surface area contributed by atoms with Gasteiger partial charge in [0.25, 0.3) is 5.91 Å². The molecule has 1 heterocycles. The molecule has 0 unspecified atom stereocenters. The van der Waals surface area contributed by atoms with Crippen molar-refractivity contribution in [1.82, 2.24) is 4.98 Å². The minimum absolute atomic E-state index is 0.0935. The van der Waals surface area contributed by atoms with Crippen LogP contribution >= 0.6 is 11.3 Å². The molecule has 0 saturated heterocycles. The lowest BCUT2D eigenvalue weighted by Gasteiger charge is -2.08. The average Bonchev–Trinajstić information content (AvgIpc) is 2.78. The standard InChI is InChI=1S/C15H16N2O4S/c1-8-13(16-9(2)22-8)14(18)17-12-5-10(7-21-3)4-11(6-12)15(19)20/h4-6H,7H2,1-3H3,(H,17,18)(H,19,20). The second kappa shape index (κ2) is 6.67. The van der Waals surface area contributed by atoms with E-state index in [0.717, 1.165) is 9.88 Å². The molecule has 0 aliphatic rings. The van der Waals surface area contributed by atoms with Crippen LogP contribution in [-0.4, -0.2) is 29.1 Å². The van der Waals surface area contributed by atoms with E-state index < -0.39 is 5.97 Å². The molecule has 2 rings (SSSR count). The van der Waals surface area contributed by atoms with Crippen molar-refractivity contribution < 1.29 is 19.4 Å². The van der Waals surface area contributed by atoms with Gasteiger partial charge in [-0.25, -0.2) is 9.78 Å². The molecular weight excluding hydrogens is 304 g/mol. The maximum atomic E-state index is 12.3. The smallest absolute Gasteiger partial charge is 0.335 e. The van der Waals surface area contributed by atoms with E-state index in [0.29, 0.717) is 16.9 Å². The number of anilines is 1. The predicted octanol–water partition coefficient (Wildman–Crippen LogP) is 2.86. The van der Waals surface area contributed by atoms with Crippen LogP contribution in [0.5, 0.6) is 0 Å². The van der Waals surface area contributed by atoms with Gasteiger partial charge in [0.05, 0.1) is 17.2 Å². The lowest BCUT2D eigenvalue weighted by atomic mass is 10.1. The fourth-order valence-electron chi connectivity index (χ4n) is 2.07. The topological polar surface area (TPSA) is 88.5 Å². The number of aromatic nitrogens is 1. The summed E-state index contributed by atoms with van der Waals surface area (Å²) in [6.07, 6.45) is 0. The third-order valence-electron chi connectivity index (χ3n) is 2.93. The Morgan fingerprint density at radius 1 is 1.32 bits per heavy atom. The zero-order chi connectivity index (χ0) is 16.3. The summed E-state index contributed by atoms with van der Waals surface area (Å²) in [4.78, 5) is 28.4. The molecule has 0 fully saturated rings. The van der Waals surface area contributed by atoms with Crippen molar-refractivity contribution in [3.8, 4) is 0 Å². The highest BCUT2D eigenvalue weighted by Gasteiger charge is 2.15. The molecule has 2 aromatic rings. The van der Waals surface area contributed by atoms with Gasteiger partial charge in [-0.15, -0.1) is 11.3 Å². The minimum Gasteiger partial charge on any atom is -0.478 e. The summed E-state index contributed by atoms with van der Waals surface area (Å²) in [6.45, 7) is 3.92. The maximum absolute atomic E-state index is 12.3. The summed E-state index contributed by atoms with van der Waals surface area (Å²) in [5, 5.41) is 12.6. The van der Waals surface area contributed by atoms with Gasteiger partial charge >= 0.3 is 5.97 Å². The van der Waals surface area contributed by atoms with E-state index in [4.69, 9.17) is 9.84 Å². The van der Waals surface area contributed by atoms with Gasteiger partial charge in [0.2, 0.25) is 0 Å². The van der Waals surface area contributed by atoms with Crippen LogP contribution in [0.1, 0.15) is 36.3 Å². The van der Waals surface area contributed by atoms with Crippen molar-refractivity contribution in [2.45, 2.75) is 20.5 Å². The second-order valence-corrected chi connectivity index (χ2v) is 6.16. The van der Waals surface area contributed by atoms with Crippen molar-refractivity contribution >= 4 is 28.9 Å². The third-order valence-corrected chi connectivity index (χ3v) is 3.81. The van der Waals surface area contributed by atoms with E-state index in [1.807, 2.05) is 13.8 Å². The number of nitrogens with one attached hydrogen (secondary N) is 1. The normalized spacial score (nSPS) is 10.5. The highest BCUT2D eigenvalue weighted by Crippen LogP contribution is 2.20. The van der Waals surface area contributed by atoms with Crippen LogP contribution in [0.25, 0.3) is 0 Å². The molecule has 7 heteroatoms. The van der Waals surface area contributed by atoms with Crippen molar-refractivity contribution in [1.29, 1.82) is 0 Å². The zero-order valence-electron chi connectivity index (χ0n) is 12.5. The van der Waals surface area contributed by atoms with Crippen molar-refractivity contribution in [2.24, 2.45) is 0 Å². The molecule has 0 aliphatic carbocycles. The van der Waals surface area contributed by atoms with Crippen LogP contribution in [0, 0.1) is 13.8 Å². The molecule has 1 aromatic heterocycles. The monoisotopic (exact) mass is 320 g/mol. The number of nitrogens with zero attached hydrogens (tertiary/aromatic N) is 1. The molecule has 116 valence electrons. The summed E-state index contributed by atoms with van der Waals surface area (Å²) < 4.78 is 5.01. The van der Waals surface area contributed by atoms with E-state index in [-0.39, 0.29) is 18.1 Å². The fraction of sp³-hybridized carbons (Fsp3) is 0.267. The predicted molar refractivity (Wildman–Crippen MR) is 83.7 cm³/mol. The molecule has 0 saturated carbocycles. The Bertz CT molecular complexity index is 724. The maximum Gasteiger partial charge on any atom is 0.335 e. The number of rotatable bonds is 5. The lowest BCUT2D eigenvalue weighted by molar-refractivity contribution is 0.0696. The molecule has 2 N–H and O–H groups in total. The Morgan fingerprint density at radius 3 is 2.59 bits per heavy atom. The molecule has 6 nitrogen and oxygen atoms in total. The van der Waals surface area contributed by atoms with Crippen LogP contribution in [0.15, 0.2) is 18.2 Å². The fourth-order valence-corrected chi connectivity index (χ4v) is 2.88. The SMILES string of the molecule is COCc1cc(NC(=O)c2nc(C)sc2C)cc(C(=O)O)c1. The molecule has 0 atom stereocenters. The third kappa shape index (κ3) is 3.69. The molecule has 0 radical (unpaired) electrons. The van der Waals surface area contributed by atoms with Gasteiger partial charge in [0.15, 0.2) is 0 Å². The highest BCUT2D eigenvalue weighted by atomic mass is 32.1. The van der Waals surface area contributed by atoms with E-state index in [9.17, 15) is 9.59 Å². The number of aryl methyl sites for hydroxylation is 2. The van der Waals surface area contributed by atoms with Crippen LogP contribution in [0.3, 0.4) is 0 Å². The Labute approximate surface area is 131 Å². The van der Waals surface area contributed by atoms with E-state index >= 15 is 0 Å². The Balaban J connectivity index is 2.30. The van der Waals surface area contributed by atoms with Crippen molar-refractivity contribution in [3.63, 3.8) is 0 Å². The summed E-state index contributed by atoms with van der Waals surface area (Å²) in [5.41, 5.74) is 1.53. The molecular formula is C15H16N2O4S. The molecule has 0 aliphatic heterocycles. The number of hydrogen-bond acceptors (Lipinski definition) is 5. The summed E-state index contributed by atoms with van der Waals surface area (Å²) in [7, 11) is 1.52. The van der Waals surface area contributed by atoms with Crippen LogP contribution in [0.4, 0.5) is 5.69 Å². The summed E-state index contributed by atoms with van der Waals surface area (Å²) in [6, 6.07) is 4.61. The number of carbonyl (C=O) groups excluding carboxylic acids is 1. The van der Waals surface area contributed by atoms with Crippen molar-refractivity contribution in [3.05, 3.63) is 44.9 Å². The van der Waals surface area contributed by atoms with Gasteiger partial charge in [0, 0.05) is 17.7 Å². The van der Waals surface area contributed by atoms with E-state index in [1.165, 1.54) is 30.6 Å². The number of aromatic carboxylic acids is 1. The van der Waals surface area contributed by atoms with Crippen LogP contribution in [0.2, 0.25) is 0 Å². The number of carboxylic acids is 1. The van der Waals surface area contributed by atoms with Gasteiger partial charge in [-0.05, 0) is 37.6 Å². The highest BCUT2D eigenvalue weighted by molar-refractivity contribution is 7.11. The van der Waals surface area contributed by atoms with E-state index in [2.05, 4.69) is 10.3 Å². The van der Waals surface area contributed by atoms with Gasteiger partial charge in [0.1, 0.15) is 5.69 Å². The second-order valence-electron chi connectivity index (χ2n) is 4.75. The van der Waals surface area contributed by atoms with Gasteiger partial charge in [-0.3, -0.25) is 4.79 Å². The van der Waals surface area contributed by atoms with Crippen molar-refractivity contribution in [2.75, 3.05) is 12.4 Å². The van der Waals surface area contributed by atoms with E-state index in [1.54, 1.807) is 6.07 Å². The number of carboxylic acid groups (broad SMARTS) is 1. The van der Waals surface area contributed by atoms with Gasteiger partial charge in [-0.1, -0.05) is 0 Å². The van der Waals surface area contributed by atoms with Crippen LogP contribution in [-0.2, 0) is 11.3 Å². The van der Waals surface area contributed by atoms with Gasteiger partial charge < -0.3 is 15.2 Å². The Morgan fingerprint density at radius 2 is 2.05 bits per heavy atom. The molecule has 0 spiro atoms. The first kappa shape index (κ1) is 16.1.